The van der Waals surface area contributed by atoms with Crippen molar-refractivity contribution >= 4 is 21.8 Å². The molecule has 5 rings (SSSR count). The fraction of sp³-hybridized carbons (Fsp3) is 0.160. The van der Waals surface area contributed by atoms with Crippen LogP contribution in [0.2, 0.25) is 0 Å². The Morgan fingerprint density at radius 3 is 1.71 bits per heavy atom. The molecule has 2 aromatic heterocycles. The van der Waals surface area contributed by atoms with Gasteiger partial charge in [-0.15, -0.1) is 0 Å². The molecule has 0 spiro atoms. The van der Waals surface area contributed by atoms with Gasteiger partial charge >= 0.3 is 0 Å². The lowest BCUT2D eigenvalue weighted by atomic mass is 10.0. The van der Waals surface area contributed by atoms with Crippen molar-refractivity contribution in [2.75, 3.05) is 14.2 Å². The van der Waals surface area contributed by atoms with Gasteiger partial charge in [-0.1, -0.05) is 0 Å². The maximum atomic E-state index is 5.50. The zero-order valence-corrected chi connectivity index (χ0v) is 17.9. The Morgan fingerprint density at radius 2 is 1.23 bits per heavy atom. The molecule has 0 fully saturated rings. The number of hydrogen-bond acceptors (Lipinski definition) is 5. The van der Waals surface area contributed by atoms with E-state index in [1.807, 2.05) is 12.1 Å². The van der Waals surface area contributed by atoms with Gasteiger partial charge in [-0.3, -0.25) is 0 Å². The molecule has 0 aliphatic heterocycles. The van der Waals surface area contributed by atoms with E-state index >= 15 is 0 Å². The van der Waals surface area contributed by atoms with Gasteiger partial charge < -0.3 is 14.0 Å². The second kappa shape index (κ2) is 7.40. The third kappa shape index (κ3) is 3.08. The van der Waals surface area contributed by atoms with Gasteiger partial charge in [-0.25, -0.2) is 15.0 Å². The SMILES string of the molecule is COc1ccc2c(c1)c1cc(OC)ccc1n2-c1c(C)cc(-c2ncncn2)cc1C. The quantitative estimate of drug-likeness (QED) is 0.404. The molecule has 0 unspecified atom stereocenters. The van der Waals surface area contributed by atoms with Crippen molar-refractivity contribution in [3.05, 3.63) is 72.3 Å². The summed E-state index contributed by atoms with van der Waals surface area (Å²) in [6, 6.07) is 16.6. The molecular weight excluding hydrogens is 388 g/mol. The summed E-state index contributed by atoms with van der Waals surface area (Å²) in [5, 5.41) is 2.24. The Labute approximate surface area is 180 Å². The Balaban J connectivity index is 1.82. The molecule has 0 aliphatic carbocycles. The summed E-state index contributed by atoms with van der Waals surface area (Å²) in [5.74, 6) is 2.32. The predicted octanol–water partition coefficient (Wildman–Crippen LogP) is 5.27. The lowest BCUT2D eigenvalue weighted by Crippen LogP contribution is -2.01. The van der Waals surface area contributed by atoms with Crippen LogP contribution in [-0.4, -0.2) is 33.7 Å². The van der Waals surface area contributed by atoms with Gasteiger partial charge in [0.25, 0.3) is 0 Å². The average Bonchev–Trinajstić information content (AvgIpc) is 3.12. The number of rotatable bonds is 4. The second-order valence-corrected chi connectivity index (χ2v) is 7.52. The van der Waals surface area contributed by atoms with E-state index in [1.54, 1.807) is 14.2 Å². The molecule has 0 amide bonds. The molecule has 0 saturated carbocycles. The Bertz CT molecular complexity index is 1340. The zero-order chi connectivity index (χ0) is 21.5. The van der Waals surface area contributed by atoms with Crippen molar-refractivity contribution in [1.82, 2.24) is 19.5 Å². The van der Waals surface area contributed by atoms with Crippen LogP contribution in [0.15, 0.2) is 61.2 Å². The minimum Gasteiger partial charge on any atom is -0.497 e. The maximum Gasteiger partial charge on any atom is 0.162 e. The van der Waals surface area contributed by atoms with Crippen molar-refractivity contribution in [2.24, 2.45) is 0 Å². The second-order valence-electron chi connectivity index (χ2n) is 7.52. The van der Waals surface area contributed by atoms with Crippen LogP contribution in [0.5, 0.6) is 11.5 Å². The van der Waals surface area contributed by atoms with Crippen LogP contribution in [0.25, 0.3) is 38.9 Å². The van der Waals surface area contributed by atoms with Gasteiger partial charge in [0.2, 0.25) is 0 Å². The Morgan fingerprint density at radius 1 is 0.710 bits per heavy atom. The van der Waals surface area contributed by atoms with Gasteiger partial charge in [0.15, 0.2) is 5.82 Å². The van der Waals surface area contributed by atoms with E-state index in [0.717, 1.165) is 55.7 Å². The number of nitrogens with zero attached hydrogens (tertiary/aromatic N) is 4. The molecule has 0 saturated heterocycles. The van der Waals surface area contributed by atoms with Crippen LogP contribution in [0.3, 0.4) is 0 Å². The molecule has 0 aliphatic rings. The monoisotopic (exact) mass is 410 g/mol. The highest BCUT2D eigenvalue weighted by Gasteiger charge is 2.18. The Hall–Kier alpha value is -3.93. The van der Waals surface area contributed by atoms with Crippen molar-refractivity contribution in [2.45, 2.75) is 13.8 Å². The van der Waals surface area contributed by atoms with Gasteiger partial charge in [-0.2, -0.15) is 0 Å². The van der Waals surface area contributed by atoms with Crippen LogP contribution in [0.4, 0.5) is 0 Å². The third-order valence-corrected chi connectivity index (χ3v) is 5.65. The number of aryl methyl sites for hydroxylation is 2. The first-order valence-corrected chi connectivity index (χ1v) is 10.0. The number of methoxy groups -OCH3 is 2. The van der Waals surface area contributed by atoms with E-state index in [1.165, 1.54) is 12.7 Å². The van der Waals surface area contributed by atoms with E-state index < -0.39 is 0 Å². The average molecular weight is 410 g/mol. The van der Waals surface area contributed by atoms with Crippen LogP contribution in [0, 0.1) is 13.8 Å². The largest absolute Gasteiger partial charge is 0.497 e. The van der Waals surface area contributed by atoms with Crippen molar-refractivity contribution < 1.29 is 9.47 Å². The lowest BCUT2D eigenvalue weighted by Gasteiger charge is -2.16. The molecule has 154 valence electrons. The van der Waals surface area contributed by atoms with E-state index in [2.05, 4.69) is 69.8 Å². The minimum absolute atomic E-state index is 0.671. The van der Waals surface area contributed by atoms with E-state index in [4.69, 9.17) is 9.47 Å². The molecule has 0 bridgehead atoms. The van der Waals surface area contributed by atoms with E-state index in [0.29, 0.717) is 5.82 Å². The summed E-state index contributed by atoms with van der Waals surface area (Å²) >= 11 is 0. The van der Waals surface area contributed by atoms with Gasteiger partial charge in [-0.05, 0) is 73.5 Å². The molecule has 0 atom stereocenters. The highest BCUT2D eigenvalue weighted by Crippen LogP contribution is 2.38. The van der Waals surface area contributed by atoms with Crippen molar-refractivity contribution in [3.63, 3.8) is 0 Å². The lowest BCUT2D eigenvalue weighted by molar-refractivity contribution is 0.415. The highest BCUT2D eigenvalue weighted by molar-refractivity contribution is 6.10. The van der Waals surface area contributed by atoms with Crippen LogP contribution >= 0.6 is 0 Å². The highest BCUT2D eigenvalue weighted by atomic mass is 16.5. The molecule has 6 heteroatoms. The van der Waals surface area contributed by atoms with Gasteiger partial charge in [0.1, 0.15) is 24.2 Å². The molecule has 2 heterocycles. The summed E-state index contributed by atoms with van der Waals surface area (Å²) in [5.41, 5.74) is 6.63. The molecule has 5 aromatic rings. The number of ether oxygens (including phenoxy) is 2. The van der Waals surface area contributed by atoms with Crippen LogP contribution < -0.4 is 9.47 Å². The van der Waals surface area contributed by atoms with Crippen LogP contribution in [0.1, 0.15) is 11.1 Å². The van der Waals surface area contributed by atoms with Gasteiger partial charge in [0.05, 0.1) is 30.9 Å². The normalized spacial score (nSPS) is 11.2. The number of hydrogen-bond donors (Lipinski definition) is 0. The topological polar surface area (TPSA) is 62.1 Å². The van der Waals surface area contributed by atoms with Gasteiger partial charge in [0, 0.05) is 16.3 Å². The molecule has 31 heavy (non-hydrogen) atoms. The molecular formula is C25H22N4O2. The van der Waals surface area contributed by atoms with E-state index in [9.17, 15) is 0 Å². The summed E-state index contributed by atoms with van der Waals surface area (Å²) in [7, 11) is 3.38. The van der Waals surface area contributed by atoms with Crippen molar-refractivity contribution in [1.29, 1.82) is 0 Å². The smallest absolute Gasteiger partial charge is 0.162 e. The summed E-state index contributed by atoms with van der Waals surface area (Å²) in [4.78, 5) is 12.5. The first kappa shape index (κ1) is 19.1. The number of aromatic nitrogens is 4. The van der Waals surface area contributed by atoms with Crippen LogP contribution in [-0.2, 0) is 0 Å². The summed E-state index contributed by atoms with van der Waals surface area (Å²) in [6.45, 7) is 4.25. The number of benzene rings is 3. The fourth-order valence-corrected chi connectivity index (χ4v) is 4.30. The van der Waals surface area contributed by atoms with E-state index in [-0.39, 0.29) is 0 Å². The Kier molecular flexibility index (Phi) is 4.55. The minimum atomic E-state index is 0.671. The molecule has 6 nitrogen and oxygen atoms in total. The standard InChI is InChI=1S/C25H22N4O2/c1-15-9-17(25-27-13-26-14-28-25)10-16(2)24(15)29-22-7-5-18(30-3)11-20(22)21-12-19(31-4)6-8-23(21)29/h5-14H,1-4H3. The van der Waals surface area contributed by atoms with Crippen molar-refractivity contribution in [3.8, 4) is 28.6 Å². The first-order chi connectivity index (χ1) is 15.1. The molecule has 3 aromatic carbocycles. The maximum absolute atomic E-state index is 5.50. The first-order valence-electron chi connectivity index (χ1n) is 10.0. The number of fused-ring (bicyclic) bond motifs is 3. The third-order valence-electron chi connectivity index (χ3n) is 5.65. The zero-order valence-electron chi connectivity index (χ0n) is 17.9. The molecule has 0 N–H and O–H groups in total. The fourth-order valence-electron chi connectivity index (χ4n) is 4.30. The molecule has 0 radical (unpaired) electrons. The predicted molar refractivity (Wildman–Crippen MR) is 122 cm³/mol. The summed E-state index contributed by atoms with van der Waals surface area (Å²) in [6.07, 6.45) is 3.04. The summed E-state index contributed by atoms with van der Waals surface area (Å²) < 4.78 is 13.3.